The van der Waals surface area contributed by atoms with E-state index in [2.05, 4.69) is 25.9 Å². The van der Waals surface area contributed by atoms with Gasteiger partial charge >= 0.3 is 0 Å². The molecule has 0 saturated carbocycles. The number of halogens is 1. The number of benzene rings is 2. The van der Waals surface area contributed by atoms with Crippen molar-refractivity contribution in [2.75, 3.05) is 5.73 Å². The fraction of sp³-hybridized carbons (Fsp3) is 0.0588. The van der Waals surface area contributed by atoms with E-state index in [4.69, 9.17) is 5.73 Å². The Morgan fingerprint density at radius 2 is 1.33 bits per heavy atom. The fourth-order valence-electron chi connectivity index (χ4n) is 2.23. The highest BCUT2D eigenvalue weighted by Gasteiger charge is 2.13. The lowest BCUT2D eigenvalue weighted by molar-refractivity contribution is 1.07. The molecule has 104 valence electrons. The van der Waals surface area contributed by atoms with Crippen LogP contribution in [0.3, 0.4) is 0 Å². The van der Waals surface area contributed by atoms with Crippen molar-refractivity contribution in [1.82, 2.24) is 9.97 Å². The maximum Gasteiger partial charge on any atom is 0.126 e. The van der Waals surface area contributed by atoms with Gasteiger partial charge in [0, 0.05) is 15.6 Å². The zero-order valence-corrected chi connectivity index (χ0v) is 13.1. The van der Waals surface area contributed by atoms with Gasteiger partial charge in [-0.3, -0.25) is 0 Å². The molecular formula is C17H14BrN3. The summed E-state index contributed by atoms with van der Waals surface area (Å²) in [5.41, 5.74) is 10.5. The molecule has 0 fully saturated rings. The predicted octanol–water partition coefficient (Wildman–Crippen LogP) is 4.46. The van der Waals surface area contributed by atoms with Crippen molar-refractivity contribution in [3.8, 4) is 22.5 Å². The molecular weight excluding hydrogens is 326 g/mol. The molecule has 1 heterocycles. The quantitative estimate of drug-likeness (QED) is 0.749. The van der Waals surface area contributed by atoms with Crippen molar-refractivity contribution in [3.05, 3.63) is 64.9 Å². The van der Waals surface area contributed by atoms with Crippen LogP contribution in [0, 0.1) is 6.92 Å². The summed E-state index contributed by atoms with van der Waals surface area (Å²) in [6, 6.07) is 17.9. The van der Waals surface area contributed by atoms with Crippen LogP contribution in [-0.4, -0.2) is 9.97 Å². The van der Waals surface area contributed by atoms with Crippen LogP contribution in [0.5, 0.6) is 0 Å². The smallest absolute Gasteiger partial charge is 0.126 e. The molecule has 2 N–H and O–H groups in total. The molecule has 0 atom stereocenters. The molecule has 0 unspecified atom stereocenters. The Morgan fingerprint density at radius 3 is 1.90 bits per heavy atom. The molecule has 0 spiro atoms. The summed E-state index contributed by atoms with van der Waals surface area (Å²) in [4.78, 5) is 9.01. The van der Waals surface area contributed by atoms with E-state index in [1.165, 1.54) is 0 Å². The largest absolute Gasteiger partial charge is 0.395 e. The van der Waals surface area contributed by atoms with Gasteiger partial charge in [0.15, 0.2) is 0 Å². The van der Waals surface area contributed by atoms with Gasteiger partial charge in [0.25, 0.3) is 0 Å². The molecule has 0 aliphatic heterocycles. The number of nitrogens with two attached hydrogens (primary N) is 1. The zero-order valence-electron chi connectivity index (χ0n) is 11.5. The van der Waals surface area contributed by atoms with Gasteiger partial charge in [-0.2, -0.15) is 0 Å². The second-order valence-electron chi connectivity index (χ2n) is 4.75. The van der Waals surface area contributed by atoms with E-state index in [1.807, 2.05) is 61.5 Å². The van der Waals surface area contributed by atoms with Gasteiger partial charge < -0.3 is 5.73 Å². The Kier molecular flexibility index (Phi) is 3.71. The number of nitrogens with zero attached hydrogens (tertiary/aromatic N) is 2. The van der Waals surface area contributed by atoms with Crippen molar-refractivity contribution in [1.29, 1.82) is 0 Å². The number of anilines is 1. The summed E-state index contributed by atoms with van der Waals surface area (Å²) in [6.07, 6.45) is 0. The highest BCUT2D eigenvalue weighted by Crippen LogP contribution is 2.32. The van der Waals surface area contributed by atoms with Crippen LogP contribution in [0.2, 0.25) is 0 Å². The number of aromatic nitrogens is 2. The van der Waals surface area contributed by atoms with Crippen molar-refractivity contribution in [2.45, 2.75) is 6.92 Å². The van der Waals surface area contributed by atoms with Crippen molar-refractivity contribution in [3.63, 3.8) is 0 Å². The van der Waals surface area contributed by atoms with Crippen molar-refractivity contribution < 1.29 is 0 Å². The first-order chi connectivity index (χ1) is 10.1. The third kappa shape index (κ3) is 2.81. The Hall–Kier alpha value is -2.20. The number of rotatable bonds is 2. The van der Waals surface area contributed by atoms with Crippen LogP contribution in [0.25, 0.3) is 22.5 Å². The lowest BCUT2D eigenvalue weighted by atomic mass is 10.0. The molecule has 0 aliphatic carbocycles. The molecule has 3 nitrogen and oxygen atoms in total. The van der Waals surface area contributed by atoms with Gasteiger partial charge in [-0.05, 0) is 19.1 Å². The minimum absolute atomic E-state index is 0.606. The second-order valence-corrected chi connectivity index (χ2v) is 5.67. The summed E-state index contributed by atoms with van der Waals surface area (Å²) in [5, 5.41) is 0. The number of hydrogen-bond acceptors (Lipinski definition) is 3. The second kappa shape index (κ2) is 5.66. The van der Waals surface area contributed by atoms with Gasteiger partial charge in [-0.25, -0.2) is 9.97 Å². The van der Waals surface area contributed by atoms with Gasteiger partial charge in [0.2, 0.25) is 0 Å². The average Bonchev–Trinajstić information content (AvgIpc) is 2.51. The predicted molar refractivity (Wildman–Crippen MR) is 89.8 cm³/mol. The van der Waals surface area contributed by atoms with Crippen LogP contribution in [0.15, 0.2) is 59.1 Å². The molecule has 21 heavy (non-hydrogen) atoms. The molecule has 0 radical (unpaired) electrons. The first-order valence-corrected chi connectivity index (χ1v) is 7.40. The molecule has 2 aromatic carbocycles. The normalized spacial score (nSPS) is 10.6. The maximum atomic E-state index is 6.32. The Balaban J connectivity index is 2.19. The molecule has 1 aromatic heterocycles. The zero-order chi connectivity index (χ0) is 14.8. The van der Waals surface area contributed by atoms with Gasteiger partial charge in [-0.1, -0.05) is 58.4 Å². The molecule has 0 saturated heterocycles. The van der Waals surface area contributed by atoms with Crippen LogP contribution >= 0.6 is 15.9 Å². The number of nitrogen functional groups attached to an aromatic ring is 1. The fourth-order valence-corrected chi connectivity index (χ4v) is 2.49. The SMILES string of the molecule is Cc1nc(-c2ccccc2)c(N)c(-c2ccc(Br)cc2)n1. The maximum absolute atomic E-state index is 6.32. The topological polar surface area (TPSA) is 51.8 Å². The molecule has 0 aliphatic rings. The van der Waals surface area contributed by atoms with Crippen LogP contribution < -0.4 is 5.73 Å². The highest BCUT2D eigenvalue weighted by atomic mass is 79.9. The minimum atomic E-state index is 0.606. The molecule has 4 heteroatoms. The van der Waals surface area contributed by atoms with E-state index in [0.29, 0.717) is 11.5 Å². The summed E-state index contributed by atoms with van der Waals surface area (Å²) in [7, 11) is 0. The average molecular weight is 340 g/mol. The third-order valence-electron chi connectivity index (χ3n) is 3.22. The summed E-state index contributed by atoms with van der Waals surface area (Å²) >= 11 is 3.44. The van der Waals surface area contributed by atoms with E-state index < -0.39 is 0 Å². The van der Waals surface area contributed by atoms with Crippen LogP contribution in [-0.2, 0) is 0 Å². The van der Waals surface area contributed by atoms with Crippen molar-refractivity contribution >= 4 is 21.6 Å². The monoisotopic (exact) mass is 339 g/mol. The molecule has 0 bridgehead atoms. The standard InChI is InChI=1S/C17H14BrN3/c1-11-20-16(12-5-3-2-4-6-12)15(19)17(21-11)13-7-9-14(18)10-8-13/h2-10H,19H2,1H3. The molecule has 3 aromatic rings. The number of hydrogen-bond donors (Lipinski definition) is 1. The first-order valence-electron chi connectivity index (χ1n) is 6.60. The highest BCUT2D eigenvalue weighted by molar-refractivity contribution is 9.10. The van der Waals surface area contributed by atoms with Gasteiger partial charge in [0.1, 0.15) is 5.82 Å². The van der Waals surface area contributed by atoms with E-state index in [0.717, 1.165) is 27.0 Å². The van der Waals surface area contributed by atoms with Gasteiger partial charge in [-0.15, -0.1) is 0 Å². The lowest BCUT2D eigenvalue weighted by Gasteiger charge is -2.11. The summed E-state index contributed by atoms with van der Waals surface area (Å²) < 4.78 is 1.03. The Morgan fingerprint density at radius 1 is 0.810 bits per heavy atom. The first kappa shape index (κ1) is 13.8. The van der Waals surface area contributed by atoms with Crippen molar-refractivity contribution in [2.24, 2.45) is 0 Å². The van der Waals surface area contributed by atoms with Crippen LogP contribution in [0.1, 0.15) is 5.82 Å². The number of aryl methyl sites for hydroxylation is 1. The lowest BCUT2D eigenvalue weighted by Crippen LogP contribution is -2.02. The van der Waals surface area contributed by atoms with E-state index in [9.17, 15) is 0 Å². The van der Waals surface area contributed by atoms with E-state index in [-0.39, 0.29) is 0 Å². The summed E-state index contributed by atoms with van der Waals surface area (Å²) in [6.45, 7) is 1.88. The summed E-state index contributed by atoms with van der Waals surface area (Å²) in [5.74, 6) is 0.709. The third-order valence-corrected chi connectivity index (χ3v) is 3.75. The molecule has 0 amide bonds. The van der Waals surface area contributed by atoms with Gasteiger partial charge in [0.05, 0.1) is 17.1 Å². The minimum Gasteiger partial charge on any atom is -0.395 e. The van der Waals surface area contributed by atoms with E-state index >= 15 is 0 Å². The van der Waals surface area contributed by atoms with Crippen LogP contribution in [0.4, 0.5) is 5.69 Å². The van der Waals surface area contributed by atoms with E-state index in [1.54, 1.807) is 0 Å². The molecule has 3 rings (SSSR count). The Bertz CT molecular complexity index is 768. The Labute approximate surface area is 132 Å².